The molecule has 0 aliphatic heterocycles. The molecule has 28 heavy (non-hydrogen) atoms. The predicted molar refractivity (Wildman–Crippen MR) is 118 cm³/mol. The molecule has 3 nitrogen and oxygen atoms in total. The number of rotatable bonds is 5. The van der Waals surface area contributed by atoms with E-state index in [-0.39, 0.29) is 24.4 Å². The topological polar surface area (TPSA) is 30.5 Å². The summed E-state index contributed by atoms with van der Waals surface area (Å²) in [5.74, 6) is 1.54. The van der Waals surface area contributed by atoms with E-state index in [0.717, 1.165) is 11.5 Å². The Kier molecular flexibility index (Phi) is 6.83. The molecule has 3 aromatic carbocycles. The third kappa shape index (κ3) is 4.52. The van der Waals surface area contributed by atoms with Crippen LogP contribution in [0.15, 0.2) is 48.5 Å². The van der Waals surface area contributed by atoms with E-state index in [1.54, 1.807) is 14.2 Å². The van der Waals surface area contributed by atoms with Gasteiger partial charge in [-0.3, -0.25) is 0 Å². The summed E-state index contributed by atoms with van der Waals surface area (Å²) in [6.45, 7) is 11.4. The normalized spacial score (nSPS) is 12.0. The van der Waals surface area contributed by atoms with Crippen LogP contribution in [0, 0.1) is 0 Å². The number of methoxy groups -OCH3 is 2. The molecular weight excluding hydrogens is 357 g/mol. The molecule has 0 spiro atoms. The van der Waals surface area contributed by atoms with Gasteiger partial charge in [0.05, 0.1) is 14.2 Å². The van der Waals surface area contributed by atoms with Crippen LogP contribution < -0.4 is 38.5 Å². The summed E-state index contributed by atoms with van der Waals surface area (Å²) < 4.78 is 11.2. The molecule has 0 amide bonds. The third-order valence-electron chi connectivity index (χ3n) is 4.84. The number of benzene rings is 2. The minimum atomic E-state index is -1.90. The molecule has 5 heteroatoms. The number of fused-ring (bicyclic) bond motifs is 1. The first-order valence-corrected chi connectivity index (χ1v) is 12.4. The average Bonchev–Trinajstić information content (AvgIpc) is 2.98. The molecule has 144 valence electrons. The average molecular weight is 388 g/mol. The Balaban J connectivity index is 0.00000280. The molecule has 0 radical (unpaired) electrons. The Labute approximate surface area is 182 Å². The molecule has 0 saturated heterocycles. The standard InChI is InChI=1S/C23H30NO2Si.Li/c1-23(2,3)24-27(6,7)22-15-17(16-11-9-8-10-12-16)18-13-20(25-4)21(26-5)14-19(18)22;/h8-15,24H,1-7H3;/q-1;+1. The summed E-state index contributed by atoms with van der Waals surface area (Å²) in [5, 5.41) is 3.86. The van der Waals surface area contributed by atoms with Gasteiger partial charge in [0.25, 0.3) is 0 Å². The van der Waals surface area contributed by atoms with Crippen LogP contribution in [-0.2, 0) is 0 Å². The fourth-order valence-corrected chi connectivity index (χ4v) is 7.40. The van der Waals surface area contributed by atoms with E-state index in [2.05, 4.69) is 87.4 Å². The molecule has 0 atom stereocenters. The van der Waals surface area contributed by atoms with Gasteiger partial charge in [0.15, 0.2) is 0 Å². The fourth-order valence-electron chi connectivity index (χ4n) is 4.00. The van der Waals surface area contributed by atoms with Crippen molar-refractivity contribution in [2.75, 3.05) is 14.2 Å². The molecule has 0 aromatic heterocycles. The van der Waals surface area contributed by atoms with E-state index < -0.39 is 8.24 Å². The monoisotopic (exact) mass is 387 g/mol. The van der Waals surface area contributed by atoms with Crippen LogP contribution in [0.3, 0.4) is 0 Å². The summed E-state index contributed by atoms with van der Waals surface area (Å²) in [6, 6.07) is 17.2. The van der Waals surface area contributed by atoms with Crippen molar-refractivity contribution in [3.05, 3.63) is 48.5 Å². The minimum Gasteiger partial charge on any atom is -0.503 e. The first kappa shape index (κ1) is 22.7. The molecule has 3 rings (SSSR count). The first-order valence-electron chi connectivity index (χ1n) is 9.37. The first-order chi connectivity index (χ1) is 12.7. The van der Waals surface area contributed by atoms with Gasteiger partial charge in [-0.2, -0.15) is 0 Å². The molecule has 0 bridgehead atoms. The summed E-state index contributed by atoms with van der Waals surface area (Å²) >= 11 is 0. The molecule has 0 unspecified atom stereocenters. The van der Waals surface area contributed by atoms with Gasteiger partial charge < -0.3 is 14.5 Å². The van der Waals surface area contributed by atoms with E-state index in [9.17, 15) is 0 Å². The van der Waals surface area contributed by atoms with Crippen molar-refractivity contribution >= 4 is 24.2 Å². The second-order valence-electron chi connectivity index (χ2n) is 8.59. The van der Waals surface area contributed by atoms with Gasteiger partial charge in [0, 0.05) is 5.54 Å². The van der Waals surface area contributed by atoms with Crippen molar-refractivity contribution in [3.63, 3.8) is 0 Å². The number of hydrogen-bond acceptors (Lipinski definition) is 3. The molecule has 0 aliphatic rings. The van der Waals surface area contributed by atoms with Gasteiger partial charge in [-0.1, -0.05) is 61.1 Å². The second kappa shape index (κ2) is 8.43. The fraction of sp³-hybridized carbons (Fsp3) is 0.348. The summed E-state index contributed by atoms with van der Waals surface area (Å²) in [7, 11) is 1.48. The van der Waals surface area contributed by atoms with Gasteiger partial charge >= 0.3 is 18.9 Å². The van der Waals surface area contributed by atoms with E-state index in [0.29, 0.717) is 0 Å². The summed E-state index contributed by atoms with van der Waals surface area (Å²) in [6.07, 6.45) is 0. The maximum Gasteiger partial charge on any atom is 1.00 e. The number of hydrogen-bond donors (Lipinski definition) is 1. The zero-order valence-corrected chi connectivity index (χ0v) is 19.4. The minimum absolute atomic E-state index is 0. The van der Waals surface area contributed by atoms with Crippen LogP contribution in [0.25, 0.3) is 21.9 Å². The quantitative estimate of drug-likeness (QED) is 0.537. The molecular formula is C23H30LiNO2Si. The van der Waals surface area contributed by atoms with Crippen LogP contribution in [-0.4, -0.2) is 28.0 Å². The van der Waals surface area contributed by atoms with Gasteiger partial charge in [0.2, 0.25) is 0 Å². The number of nitrogens with one attached hydrogen (secondary N) is 1. The molecule has 3 aromatic rings. The van der Waals surface area contributed by atoms with Crippen molar-refractivity contribution < 1.29 is 28.3 Å². The van der Waals surface area contributed by atoms with Gasteiger partial charge in [-0.15, -0.1) is 27.6 Å². The van der Waals surface area contributed by atoms with Crippen molar-refractivity contribution in [2.45, 2.75) is 39.4 Å². The molecule has 0 aliphatic carbocycles. The zero-order chi connectivity index (χ0) is 19.8. The Bertz CT molecular complexity index is 943. The Hall–Kier alpha value is -1.58. The van der Waals surface area contributed by atoms with E-state index >= 15 is 0 Å². The van der Waals surface area contributed by atoms with Crippen LogP contribution in [0.5, 0.6) is 11.5 Å². The zero-order valence-electron chi connectivity index (χ0n) is 18.4. The van der Waals surface area contributed by atoms with Crippen LogP contribution >= 0.6 is 0 Å². The predicted octanol–water partition coefficient (Wildman–Crippen LogP) is 2.05. The second-order valence-corrected chi connectivity index (χ2v) is 12.6. The Morgan fingerprint density at radius 3 is 2.04 bits per heavy atom. The van der Waals surface area contributed by atoms with E-state index in [1.807, 2.05) is 0 Å². The smallest absolute Gasteiger partial charge is 0.503 e. The third-order valence-corrected chi connectivity index (χ3v) is 7.97. The van der Waals surface area contributed by atoms with Gasteiger partial charge in [-0.25, -0.2) is 0 Å². The van der Waals surface area contributed by atoms with E-state index in [4.69, 9.17) is 9.47 Å². The van der Waals surface area contributed by atoms with E-state index in [1.165, 1.54) is 27.1 Å². The van der Waals surface area contributed by atoms with Crippen molar-refractivity contribution in [1.82, 2.24) is 4.98 Å². The molecule has 0 heterocycles. The van der Waals surface area contributed by atoms with Crippen molar-refractivity contribution in [2.24, 2.45) is 0 Å². The largest absolute Gasteiger partial charge is 1.00 e. The van der Waals surface area contributed by atoms with Crippen LogP contribution in [0.2, 0.25) is 13.1 Å². The van der Waals surface area contributed by atoms with Gasteiger partial charge in [0.1, 0.15) is 19.7 Å². The number of ether oxygens (including phenoxy) is 2. The summed E-state index contributed by atoms with van der Waals surface area (Å²) in [4.78, 5) is 3.90. The van der Waals surface area contributed by atoms with Crippen molar-refractivity contribution in [1.29, 1.82) is 0 Å². The maximum atomic E-state index is 5.60. The molecule has 1 N–H and O–H groups in total. The Morgan fingerprint density at radius 1 is 0.929 bits per heavy atom. The summed E-state index contributed by atoms with van der Waals surface area (Å²) in [5.41, 5.74) is 2.53. The molecule has 0 saturated carbocycles. The Morgan fingerprint density at radius 2 is 1.50 bits per heavy atom. The van der Waals surface area contributed by atoms with Crippen LogP contribution in [0.4, 0.5) is 0 Å². The van der Waals surface area contributed by atoms with Crippen LogP contribution in [0.1, 0.15) is 20.8 Å². The molecule has 0 fully saturated rings. The van der Waals surface area contributed by atoms with Crippen molar-refractivity contribution in [3.8, 4) is 22.6 Å². The van der Waals surface area contributed by atoms with Gasteiger partial charge in [-0.05, 0) is 20.8 Å². The maximum absolute atomic E-state index is 5.60. The SMILES string of the molecule is COc1cc2c(-c3ccccc3)c[c-]([Si](C)(C)NC(C)(C)C)c2cc1OC.[Li+].